The van der Waals surface area contributed by atoms with Crippen LogP contribution in [0.5, 0.6) is 0 Å². The average Bonchev–Trinajstić information content (AvgIpc) is 2.17. The summed E-state index contributed by atoms with van der Waals surface area (Å²) in [4.78, 5) is 0. The van der Waals surface area contributed by atoms with E-state index in [9.17, 15) is 4.39 Å². The first kappa shape index (κ1) is 8.95. The largest absolute Gasteiger partial charge is 0.199 e. The van der Waals surface area contributed by atoms with Gasteiger partial charge in [0.25, 0.3) is 0 Å². The topological polar surface area (TPSA) is 0 Å². The van der Waals surface area contributed by atoms with Crippen molar-refractivity contribution in [3.63, 3.8) is 0 Å². The van der Waals surface area contributed by atoms with E-state index in [0.717, 1.165) is 30.4 Å². The molecule has 0 atom stereocenters. The first-order valence-corrected chi connectivity index (χ1v) is 5.21. The van der Waals surface area contributed by atoms with Crippen molar-refractivity contribution in [1.29, 1.82) is 0 Å². The zero-order valence-corrected chi connectivity index (χ0v) is 8.77. The molecule has 2 rings (SSSR count). The van der Waals surface area contributed by atoms with E-state index in [1.165, 1.54) is 5.56 Å². The molecule has 0 unspecified atom stereocenters. The maximum absolute atomic E-state index is 13.1. The van der Waals surface area contributed by atoms with E-state index in [2.05, 4.69) is 22.0 Å². The zero-order chi connectivity index (χ0) is 9.26. The van der Waals surface area contributed by atoms with Crippen molar-refractivity contribution >= 4 is 21.5 Å². The van der Waals surface area contributed by atoms with Crippen molar-refractivity contribution in [2.45, 2.75) is 19.3 Å². The second kappa shape index (κ2) is 3.62. The van der Waals surface area contributed by atoms with E-state index >= 15 is 0 Å². The van der Waals surface area contributed by atoms with Crippen molar-refractivity contribution < 1.29 is 4.39 Å². The maximum atomic E-state index is 13.1. The summed E-state index contributed by atoms with van der Waals surface area (Å²) in [6.45, 7) is 0. The van der Waals surface area contributed by atoms with Gasteiger partial charge in [-0.05, 0) is 46.3 Å². The molecular formula is C11H10BrF. The van der Waals surface area contributed by atoms with Gasteiger partial charge in [-0.1, -0.05) is 24.3 Å². The summed E-state index contributed by atoms with van der Waals surface area (Å²) in [7, 11) is 0. The van der Waals surface area contributed by atoms with Crippen LogP contribution < -0.4 is 0 Å². The Morgan fingerprint density at radius 3 is 2.77 bits per heavy atom. The van der Waals surface area contributed by atoms with E-state index in [0.29, 0.717) is 0 Å². The number of benzene rings is 1. The monoisotopic (exact) mass is 240 g/mol. The summed E-state index contributed by atoms with van der Waals surface area (Å²) in [5.41, 5.74) is 3.16. The van der Waals surface area contributed by atoms with Gasteiger partial charge in [0.2, 0.25) is 0 Å². The molecule has 1 aliphatic rings. The molecule has 68 valence electrons. The molecule has 0 saturated heterocycles. The summed E-state index contributed by atoms with van der Waals surface area (Å²) >= 11 is 2.92. The van der Waals surface area contributed by atoms with Crippen LogP contribution in [0.2, 0.25) is 0 Å². The SMILES string of the molecule is FC(Br)=C1CCCc2ccccc21. The highest BCUT2D eigenvalue weighted by atomic mass is 79.9. The van der Waals surface area contributed by atoms with Gasteiger partial charge in [0.1, 0.15) is 0 Å². The van der Waals surface area contributed by atoms with Gasteiger partial charge in [0.15, 0.2) is 4.74 Å². The molecular weight excluding hydrogens is 231 g/mol. The second-order valence-corrected chi connectivity index (χ2v) is 3.95. The average molecular weight is 241 g/mol. The van der Waals surface area contributed by atoms with Crippen molar-refractivity contribution in [2.75, 3.05) is 0 Å². The van der Waals surface area contributed by atoms with Crippen LogP contribution in [-0.2, 0) is 6.42 Å². The number of rotatable bonds is 0. The summed E-state index contributed by atoms with van der Waals surface area (Å²) in [5.74, 6) is 0. The molecule has 0 radical (unpaired) electrons. The van der Waals surface area contributed by atoms with E-state index in [1.54, 1.807) is 0 Å². The molecule has 2 heteroatoms. The Labute approximate surface area is 85.6 Å². The second-order valence-electron chi connectivity index (χ2n) is 3.25. The van der Waals surface area contributed by atoms with Crippen LogP contribution in [0.4, 0.5) is 4.39 Å². The number of hydrogen-bond donors (Lipinski definition) is 0. The fraction of sp³-hybridized carbons (Fsp3) is 0.273. The van der Waals surface area contributed by atoms with Crippen LogP contribution in [0.1, 0.15) is 24.0 Å². The molecule has 1 aromatic carbocycles. The summed E-state index contributed by atoms with van der Waals surface area (Å²) in [6.07, 6.45) is 2.96. The third-order valence-corrected chi connectivity index (χ3v) is 2.92. The molecule has 0 N–H and O–H groups in total. The number of hydrogen-bond acceptors (Lipinski definition) is 0. The molecule has 0 bridgehead atoms. The van der Waals surface area contributed by atoms with Gasteiger partial charge < -0.3 is 0 Å². The van der Waals surface area contributed by atoms with Crippen LogP contribution in [0.3, 0.4) is 0 Å². The first-order chi connectivity index (χ1) is 6.29. The molecule has 0 aliphatic heterocycles. The Morgan fingerprint density at radius 1 is 1.23 bits per heavy atom. The molecule has 1 aromatic rings. The van der Waals surface area contributed by atoms with Crippen LogP contribution >= 0.6 is 15.9 Å². The standard InChI is InChI=1S/C11H10BrF/c12-11(13)10-7-3-5-8-4-1-2-6-9(8)10/h1-2,4,6H,3,5,7H2. The lowest BCUT2D eigenvalue weighted by molar-refractivity contribution is 0.694. The number of aryl methyl sites for hydroxylation is 1. The van der Waals surface area contributed by atoms with Crippen LogP contribution in [0.15, 0.2) is 29.0 Å². The minimum atomic E-state index is -0.209. The van der Waals surface area contributed by atoms with Gasteiger partial charge in [-0.2, -0.15) is 4.39 Å². The number of halogens is 2. The summed E-state index contributed by atoms with van der Waals surface area (Å²) in [6, 6.07) is 8.03. The Kier molecular flexibility index (Phi) is 2.49. The molecule has 0 saturated carbocycles. The number of allylic oxidation sites excluding steroid dienone is 1. The van der Waals surface area contributed by atoms with Crippen molar-refractivity contribution in [2.24, 2.45) is 0 Å². The molecule has 0 amide bonds. The summed E-state index contributed by atoms with van der Waals surface area (Å²) < 4.78 is 12.9. The lowest BCUT2D eigenvalue weighted by Gasteiger charge is -2.18. The van der Waals surface area contributed by atoms with Gasteiger partial charge in [-0.25, -0.2) is 0 Å². The molecule has 0 aromatic heterocycles. The van der Waals surface area contributed by atoms with Crippen LogP contribution in [-0.4, -0.2) is 0 Å². The third kappa shape index (κ3) is 1.68. The fourth-order valence-corrected chi connectivity index (χ4v) is 2.23. The van der Waals surface area contributed by atoms with Gasteiger partial charge in [0, 0.05) is 5.57 Å². The van der Waals surface area contributed by atoms with E-state index in [4.69, 9.17) is 0 Å². The van der Waals surface area contributed by atoms with Crippen LogP contribution in [0, 0.1) is 0 Å². The van der Waals surface area contributed by atoms with E-state index < -0.39 is 0 Å². The van der Waals surface area contributed by atoms with Gasteiger partial charge in [0.05, 0.1) is 0 Å². The highest BCUT2D eigenvalue weighted by Crippen LogP contribution is 2.34. The molecule has 0 spiro atoms. The minimum Gasteiger partial charge on any atom is -0.199 e. The maximum Gasteiger partial charge on any atom is 0.169 e. The van der Waals surface area contributed by atoms with Crippen molar-refractivity contribution in [3.8, 4) is 0 Å². The Hall–Kier alpha value is -0.630. The molecule has 0 nitrogen and oxygen atoms in total. The normalized spacial score (nSPS) is 19.5. The third-order valence-electron chi connectivity index (χ3n) is 2.44. The lowest BCUT2D eigenvalue weighted by atomic mass is 9.88. The van der Waals surface area contributed by atoms with Gasteiger partial charge in [-0.3, -0.25) is 0 Å². The zero-order valence-electron chi connectivity index (χ0n) is 7.19. The molecule has 0 heterocycles. The van der Waals surface area contributed by atoms with Gasteiger partial charge >= 0.3 is 0 Å². The number of fused-ring (bicyclic) bond motifs is 1. The van der Waals surface area contributed by atoms with E-state index in [-0.39, 0.29) is 4.74 Å². The highest BCUT2D eigenvalue weighted by molar-refractivity contribution is 9.11. The lowest BCUT2D eigenvalue weighted by Crippen LogP contribution is -2.01. The van der Waals surface area contributed by atoms with E-state index in [1.807, 2.05) is 18.2 Å². The Bertz CT molecular complexity index is 351. The molecule has 13 heavy (non-hydrogen) atoms. The predicted molar refractivity (Wildman–Crippen MR) is 56.3 cm³/mol. The van der Waals surface area contributed by atoms with Crippen molar-refractivity contribution in [1.82, 2.24) is 0 Å². The Balaban J connectivity index is 2.55. The highest BCUT2D eigenvalue weighted by Gasteiger charge is 2.15. The van der Waals surface area contributed by atoms with Gasteiger partial charge in [-0.15, -0.1) is 0 Å². The Morgan fingerprint density at radius 2 is 2.00 bits per heavy atom. The summed E-state index contributed by atoms with van der Waals surface area (Å²) in [5, 5.41) is 0. The quantitative estimate of drug-likeness (QED) is 0.642. The van der Waals surface area contributed by atoms with Crippen LogP contribution in [0.25, 0.3) is 5.57 Å². The molecule has 1 aliphatic carbocycles. The molecule has 0 fully saturated rings. The minimum absolute atomic E-state index is 0.209. The van der Waals surface area contributed by atoms with Crippen molar-refractivity contribution in [3.05, 3.63) is 40.1 Å². The predicted octanol–water partition coefficient (Wildman–Crippen LogP) is 4.06. The first-order valence-electron chi connectivity index (χ1n) is 4.41. The smallest absolute Gasteiger partial charge is 0.169 e. The fourth-order valence-electron chi connectivity index (χ4n) is 1.82.